The molecule has 0 bridgehead atoms. The van der Waals surface area contributed by atoms with Gasteiger partial charge in [0.15, 0.2) is 0 Å². The van der Waals surface area contributed by atoms with E-state index < -0.39 is 15.9 Å². The Morgan fingerprint density at radius 1 is 1.03 bits per heavy atom. The molecule has 2 heterocycles. The van der Waals surface area contributed by atoms with E-state index in [1.807, 2.05) is 0 Å². The van der Waals surface area contributed by atoms with Crippen LogP contribution in [-0.2, 0) is 19.6 Å². The number of rotatable bonds is 6. The van der Waals surface area contributed by atoms with Gasteiger partial charge in [0.05, 0.1) is 10.8 Å². The number of halogens is 1. The van der Waals surface area contributed by atoms with E-state index in [1.54, 1.807) is 35.2 Å². The second-order valence-electron chi connectivity index (χ2n) is 7.07. The largest absolute Gasteiger partial charge is 0.326 e. The molecule has 0 radical (unpaired) electrons. The van der Waals surface area contributed by atoms with Gasteiger partial charge in [0.25, 0.3) is 10.0 Å². The van der Waals surface area contributed by atoms with E-state index in [4.69, 9.17) is 11.6 Å². The molecule has 1 atom stereocenters. The molecular weight excluding hydrogens is 454 g/mol. The summed E-state index contributed by atoms with van der Waals surface area (Å²) in [5.41, 5.74) is 1.10. The van der Waals surface area contributed by atoms with Gasteiger partial charge in [0.1, 0.15) is 0 Å². The van der Waals surface area contributed by atoms with Crippen LogP contribution in [0.15, 0.2) is 71.9 Å². The van der Waals surface area contributed by atoms with E-state index in [0.717, 1.165) is 0 Å². The van der Waals surface area contributed by atoms with Gasteiger partial charge in [0, 0.05) is 41.8 Å². The van der Waals surface area contributed by atoms with E-state index in [-0.39, 0.29) is 35.6 Å². The second-order valence-corrected chi connectivity index (χ2v) is 9.19. The maximum absolute atomic E-state index is 12.7. The summed E-state index contributed by atoms with van der Waals surface area (Å²) < 4.78 is 27.2. The highest BCUT2D eigenvalue weighted by atomic mass is 35.5. The minimum Gasteiger partial charge on any atom is -0.326 e. The molecule has 11 heteroatoms. The quantitative estimate of drug-likeness (QED) is 0.570. The molecule has 1 aliphatic heterocycles. The summed E-state index contributed by atoms with van der Waals surface area (Å²) in [6.07, 6.45) is 2.93. The SMILES string of the molecule is O=C(Nc1ccc(S(=O)(=O)Nc2ncccn2)cc1)[C@H]1CC(=O)N(c2ccc(Cl)cc2)C1. The number of carbonyl (C=O) groups excluding carboxylic acids is 2. The molecule has 0 spiro atoms. The van der Waals surface area contributed by atoms with Crippen LogP contribution in [0.4, 0.5) is 17.3 Å². The third-order valence-corrected chi connectivity index (χ3v) is 6.45. The predicted octanol–water partition coefficient (Wildman–Crippen LogP) is 2.92. The average Bonchev–Trinajstić information content (AvgIpc) is 3.17. The maximum atomic E-state index is 12.7. The topological polar surface area (TPSA) is 121 Å². The highest BCUT2D eigenvalue weighted by Crippen LogP contribution is 2.27. The monoisotopic (exact) mass is 471 g/mol. The van der Waals surface area contributed by atoms with Gasteiger partial charge < -0.3 is 10.2 Å². The molecule has 3 aromatic rings. The second kappa shape index (κ2) is 8.93. The van der Waals surface area contributed by atoms with Crippen LogP contribution < -0.4 is 14.9 Å². The Labute approximate surface area is 189 Å². The van der Waals surface area contributed by atoms with Crippen LogP contribution in [0.5, 0.6) is 0 Å². The summed E-state index contributed by atoms with van der Waals surface area (Å²) >= 11 is 5.89. The minimum absolute atomic E-state index is 0.00657. The van der Waals surface area contributed by atoms with E-state index in [9.17, 15) is 18.0 Å². The van der Waals surface area contributed by atoms with Gasteiger partial charge in [0.2, 0.25) is 17.8 Å². The summed E-state index contributed by atoms with van der Waals surface area (Å²) in [6.45, 7) is 0.250. The van der Waals surface area contributed by atoms with Gasteiger partial charge in [-0.25, -0.2) is 23.1 Å². The third kappa shape index (κ3) is 4.87. The summed E-state index contributed by atoms with van der Waals surface area (Å²) in [6, 6.07) is 14.1. The van der Waals surface area contributed by atoms with Gasteiger partial charge in [-0.15, -0.1) is 0 Å². The van der Waals surface area contributed by atoms with E-state index in [2.05, 4.69) is 20.0 Å². The number of carbonyl (C=O) groups is 2. The predicted molar refractivity (Wildman–Crippen MR) is 120 cm³/mol. The first-order chi connectivity index (χ1) is 15.3. The van der Waals surface area contributed by atoms with Crippen molar-refractivity contribution in [2.45, 2.75) is 11.3 Å². The van der Waals surface area contributed by atoms with Crippen molar-refractivity contribution in [3.8, 4) is 0 Å². The summed E-state index contributed by atoms with van der Waals surface area (Å²) in [4.78, 5) is 34.2. The Hall–Kier alpha value is -3.50. The number of anilines is 3. The number of hydrogen-bond acceptors (Lipinski definition) is 6. The smallest absolute Gasteiger partial charge is 0.264 e. The molecule has 4 rings (SSSR count). The molecule has 2 aromatic carbocycles. The Morgan fingerprint density at radius 3 is 2.34 bits per heavy atom. The zero-order valence-electron chi connectivity index (χ0n) is 16.6. The number of nitrogens with one attached hydrogen (secondary N) is 2. The lowest BCUT2D eigenvalue weighted by Crippen LogP contribution is -2.28. The molecule has 2 amide bonds. The molecule has 1 aromatic heterocycles. The van der Waals surface area contributed by atoms with Crippen molar-refractivity contribution in [1.29, 1.82) is 0 Å². The molecule has 1 fully saturated rings. The standard InChI is InChI=1S/C21H18ClN5O4S/c22-15-2-6-17(7-3-15)27-13-14(12-19(27)28)20(29)25-16-4-8-18(9-5-16)32(30,31)26-21-23-10-1-11-24-21/h1-11,14H,12-13H2,(H,25,29)(H,23,24,26)/t14-/m0/s1. The summed E-state index contributed by atoms with van der Waals surface area (Å²) in [5, 5.41) is 3.30. The minimum atomic E-state index is -3.87. The number of nitrogens with zero attached hydrogens (tertiary/aromatic N) is 3. The van der Waals surface area contributed by atoms with Gasteiger partial charge in [-0.3, -0.25) is 9.59 Å². The van der Waals surface area contributed by atoms with Crippen molar-refractivity contribution >= 4 is 50.8 Å². The zero-order valence-corrected chi connectivity index (χ0v) is 18.2. The lowest BCUT2D eigenvalue weighted by molar-refractivity contribution is -0.122. The van der Waals surface area contributed by atoms with Crippen LogP contribution in [0.3, 0.4) is 0 Å². The Kier molecular flexibility index (Phi) is 6.06. The van der Waals surface area contributed by atoms with E-state index in [0.29, 0.717) is 16.4 Å². The van der Waals surface area contributed by atoms with Crippen LogP contribution in [0.2, 0.25) is 5.02 Å². The fourth-order valence-corrected chi connectivity index (χ4v) is 4.33. The van der Waals surface area contributed by atoms with E-state index >= 15 is 0 Å². The van der Waals surface area contributed by atoms with Gasteiger partial charge >= 0.3 is 0 Å². The van der Waals surface area contributed by atoms with Gasteiger partial charge in [-0.1, -0.05) is 11.6 Å². The molecule has 1 aliphatic rings. The van der Waals surface area contributed by atoms with Crippen LogP contribution in [0.1, 0.15) is 6.42 Å². The van der Waals surface area contributed by atoms with Crippen LogP contribution in [-0.4, -0.2) is 36.7 Å². The molecule has 0 saturated carbocycles. The highest BCUT2D eigenvalue weighted by Gasteiger charge is 2.35. The molecule has 164 valence electrons. The first kappa shape index (κ1) is 21.7. The van der Waals surface area contributed by atoms with E-state index in [1.165, 1.54) is 36.7 Å². The van der Waals surface area contributed by atoms with Crippen molar-refractivity contribution in [2.24, 2.45) is 5.92 Å². The first-order valence-corrected chi connectivity index (χ1v) is 11.4. The van der Waals surface area contributed by atoms with Gasteiger partial charge in [-0.05, 0) is 54.6 Å². The molecule has 9 nitrogen and oxygen atoms in total. The van der Waals surface area contributed by atoms with Crippen molar-refractivity contribution < 1.29 is 18.0 Å². The number of benzene rings is 2. The number of aromatic nitrogens is 2. The zero-order chi connectivity index (χ0) is 22.7. The van der Waals surface area contributed by atoms with Crippen LogP contribution in [0, 0.1) is 5.92 Å². The first-order valence-electron chi connectivity index (χ1n) is 9.58. The Balaban J connectivity index is 1.40. The molecule has 32 heavy (non-hydrogen) atoms. The van der Waals surface area contributed by atoms with Crippen LogP contribution in [0.25, 0.3) is 0 Å². The summed E-state index contributed by atoms with van der Waals surface area (Å²) in [7, 11) is -3.87. The maximum Gasteiger partial charge on any atom is 0.264 e. The van der Waals surface area contributed by atoms with Crippen LogP contribution >= 0.6 is 11.6 Å². The number of sulfonamides is 1. The molecule has 0 aliphatic carbocycles. The summed E-state index contributed by atoms with van der Waals surface area (Å²) in [5.74, 6) is -1.04. The van der Waals surface area contributed by atoms with Crippen molar-refractivity contribution in [3.05, 3.63) is 72.0 Å². The lowest BCUT2D eigenvalue weighted by Gasteiger charge is -2.17. The van der Waals surface area contributed by atoms with Crippen molar-refractivity contribution in [2.75, 3.05) is 21.5 Å². The Morgan fingerprint density at radius 2 is 1.69 bits per heavy atom. The lowest BCUT2D eigenvalue weighted by atomic mass is 10.1. The fraction of sp³-hybridized carbons (Fsp3) is 0.143. The number of amides is 2. The highest BCUT2D eigenvalue weighted by molar-refractivity contribution is 7.92. The fourth-order valence-electron chi connectivity index (χ4n) is 3.25. The molecule has 2 N–H and O–H groups in total. The molecule has 0 unspecified atom stereocenters. The average molecular weight is 472 g/mol. The third-order valence-electron chi connectivity index (χ3n) is 4.86. The normalized spacial score (nSPS) is 16.1. The Bertz CT molecular complexity index is 1240. The van der Waals surface area contributed by atoms with Crippen molar-refractivity contribution in [3.63, 3.8) is 0 Å². The number of hydrogen-bond donors (Lipinski definition) is 2. The molecule has 1 saturated heterocycles. The molecular formula is C21H18ClN5O4S. The van der Waals surface area contributed by atoms with Crippen molar-refractivity contribution in [1.82, 2.24) is 9.97 Å². The van der Waals surface area contributed by atoms with Gasteiger partial charge in [-0.2, -0.15) is 0 Å².